The summed E-state index contributed by atoms with van der Waals surface area (Å²) in [6.07, 6.45) is 4.10. The number of nitrogens with zero attached hydrogens (tertiary/aromatic N) is 4. The molecule has 0 unspecified atom stereocenters. The topological polar surface area (TPSA) is 84.7 Å². The van der Waals surface area contributed by atoms with E-state index in [4.69, 9.17) is 0 Å². The molecule has 0 radical (unpaired) electrons. The van der Waals surface area contributed by atoms with E-state index < -0.39 is 0 Å². The molecule has 7 heteroatoms. The molecular weight excluding hydrogens is 328 g/mol. The van der Waals surface area contributed by atoms with Gasteiger partial charge in [0.2, 0.25) is 0 Å². The molecule has 0 atom stereocenters. The van der Waals surface area contributed by atoms with Crippen LogP contribution in [-0.4, -0.2) is 26.2 Å². The molecule has 1 aliphatic carbocycles. The van der Waals surface area contributed by atoms with Crippen LogP contribution in [0.2, 0.25) is 0 Å². The number of anilines is 1. The van der Waals surface area contributed by atoms with Gasteiger partial charge in [-0.05, 0) is 64.9 Å². The number of aryl methyl sites for hydroxylation is 1. The Labute approximate surface area is 151 Å². The zero-order valence-electron chi connectivity index (χ0n) is 14.5. The molecule has 0 aliphatic heterocycles. The van der Waals surface area contributed by atoms with Crippen molar-refractivity contribution in [3.05, 3.63) is 65.5 Å². The zero-order valence-corrected chi connectivity index (χ0v) is 14.5. The SMILES string of the molecule is Cc1ccc(-n2cnnn2)cc1NC(=O)NCc1ccc(C2CC2)cc1. The maximum absolute atomic E-state index is 12.3. The molecule has 1 fully saturated rings. The van der Waals surface area contributed by atoms with Gasteiger partial charge in [0.1, 0.15) is 6.33 Å². The molecule has 0 bridgehead atoms. The summed E-state index contributed by atoms with van der Waals surface area (Å²) in [5.74, 6) is 0.746. The van der Waals surface area contributed by atoms with Gasteiger partial charge in [0.15, 0.2) is 0 Å². The van der Waals surface area contributed by atoms with Crippen LogP contribution in [0.15, 0.2) is 48.8 Å². The highest BCUT2D eigenvalue weighted by Crippen LogP contribution is 2.39. The molecule has 0 saturated heterocycles. The van der Waals surface area contributed by atoms with Gasteiger partial charge in [-0.2, -0.15) is 0 Å². The second kappa shape index (κ2) is 6.95. The van der Waals surface area contributed by atoms with Crippen LogP contribution in [0.3, 0.4) is 0 Å². The van der Waals surface area contributed by atoms with E-state index in [-0.39, 0.29) is 6.03 Å². The fourth-order valence-electron chi connectivity index (χ4n) is 2.84. The highest BCUT2D eigenvalue weighted by molar-refractivity contribution is 5.90. The lowest BCUT2D eigenvalue weighted by Gasteiger charge is -2.12. The maximum Gasteiger partial charge on any atom is 0.319 e. The maximum atomic E-state index is 12.3. The van der Waals surface area contributed by atoms with Crippen LogP contribution in [0.5, 0.6) is 0 Å². The fourth-order valence-corrected chi connectivity index (χ4v) is 2.84. The van der Waals surface area contributed by atoms with E-state index >= 15 is 0 Å². The smallest absolute Gasteiger partial charge is 0.319 e. The van der Waals surface area contributed by atoms with Crippen LogP contribution < -0.4 is 10.6 Å². The van der Waals surface area contributed by atoms with Crippen LogP contribution in [0.25, 0.3) is 5.69 Å². The van der Waals surface area contributed by atoms with Crippen LogP contribution in [0.1, 0.15) is 35.4 Å². The van der Waals surface area contributed by atoms with Crippen molar-refractivity contribution in [2.45, 2.75) is 32.2 Å². The normalized spacial score (nSPS) is 13.4. The first-order valence-electron chi connectivity index (χ1n) is 8.67. The molecule has 1 aromatic heterocycles. The lowest BCUT2D eigenvalue weighted by Crippen LogP contribution is -2.28. The number of hydrogen-bond donors (Lipinski definition) is 2. The van der Waals surface area contributed by atoms with Gasteiger partial charge in [-0.15, -0.1) is 5.10 Å². The van der Waals surface area contributed by atoms with Crippen LogP contribution in [0, 0.1) is 6.92 Å². The zero-order chi connectivity index (χ0) is 17.9. The number of tetrazole rings is 1. The lowest BCUT2D eigenvalue weighted by atomic mass is 10.1. The third kappa shape index (κ3) is 3.72. The van der Waals surface area contributed by atoms with Crippen molar-refractivity contribution in [3.8, 4) is 5.69 Å². The van der Waals surface area contributed by atoms with Crippen molar-refractivity contribution in [2.24, 2.45) is 0 Å². The molecular formula is C19H20N6O. The van der Waals surface area contributed by atoms with E-state index in [9.17, 15) is 4.79 Å². The van der Waals surface area contributed by atoms with Crippen molar-refractivity contribution in [1.82, 2.24) is 25.5 Å². The van der Waals surface area contributed by atoms with E-state index in [0.29, 0.717) is 6.54 Å². The van der Waals surface area contributed by atoms with Crippen molar-refractivity contribution in [3.63, 3.8) is 0 Å². The Bertz CT molecular complexity index is 900. The Morgan fingerprint density at radius 2 is 2.00 bits per heavy atom. The number of carbonyl (C=O) groups is 1. The van der Waals surface area contributed by atoms with Crippen molar-refractivity contribution in [1.29, 1.82) is 0 Å². The van der Waals surface area contributed by atoms with E-state index in [2.05, 4.69) is 50.4 Å². The Balaban J connectivity index is 1.37. The summed E-state index contributed by atoms with van der Waals surface area (Å²) in [7, 11) is 0. The average Bonchev–Trinajstić information content (AvgIpc) is 3.36. The summed E-state index contributed by atoms with van der Waals surface area (Å²) in [5, 5.41) is 16.9. The largest absolute Gasteiger partial charge is 0.334 e. The molecule has 2 aromatic carbocycles. The number of urea groups is 1. The number of aromatic nitrogens is 4. The van der Waals surface area contributed by atoms with Gasteiger partial charge in [-0.1, -0.05) is 30.3 Å². The highest BCUT2D eigenvalue weighted by atomic mass is 16.2. The van der Waals surface area contributed by atoms with Crippen LogP contribution in [-0.2, 0) is 6.54 Å². The number of nitrogens with one attached hydrogen (secondary N) is 2. The van der Waals surface area contributed by atoms with Gasteiger partial charge in [0, 0.05) is 12.2 Å². The molecule has 2 amide bonds. The quantitative estimate of drug-likeness (QED) is 0.742. The Hall–Kier alpha value is -3.22. The molecule has 7 nitrogen and oxygen atoms in total. The van der Waals surface area contributed by atoms with Crippen molar-refractivity contribution >= 4 is 11.7 Å². The molecule has 26 heavy (non-hydrogen) atoms. The first-order chi connectivity index (χ1) is 12.7. The van der Waals surface area contributed by atoms with Crippen LogP contribution in [0.4, 0.5) is 10.5 Å². The molecule has 132 valence electrons. The predicted octanol–water partition coefficient (Wildman–Crippen LogP) is 3.17. The molecule has 1 saturated carbocycles. The summed E-state index contributed by atoms with van der Waals surface area (Å²) < 4.78 is 1.55. The second-order valence-corrected chi connectivity index (χ2v) is 6.58. The summed E-state index contributed by atoms with van der Waals surface area (Å²) in [6, 6.07) is 13.9. The summed E-state index contributed by atoms with van der Waals surface area (Å²) in [6.45, 7) is 2.43. The standard InChI is InChI=1S/C19H20N6O/c1-13-2-9-17(25-12-21-23-24-25)10-18(13)22-19(26)20-11-14-3-5-15(6-4-14)16-7-8-16/h2-6,9-10,12,16H,7-8,11H2,1H3,(H2,20,22,26). The van der Waals surface area contributed by atoms with Gasteiger partial charge >= 0.3 is 6.03 Å². The van der Waals surface area contributed by atoms with Gasteiger partial charge in [0.05, 0.1) is 5.69 Å². The third-order valence-corrected chi connectivity index (χ3v) is 4.56. The number of carbonyl (C=O) groups excluding carboxylic acids is 1. The number of hydrogen-bond acceptors (Lipinski definition) is 4. The predicted molar refractivity (Wildman–Crippen MR) is 98.2 cm³/mol. The number of amides is 2. The van der Waals surface area contributed by atoms with E-state index in [0.717, 1.165) is 28.4 Å². The minimum atomic E-state index is -0.242. The molecule has 1 heterocycles. The monoisotopic (exact) mass is 348 g/mol. The fraction of sp³-hybridized carbons (Fsp3) is 0.263. The Morgan fingerprint density at radius 1 is 1.19 bits per heavy atom. The summed E-state index contributed by atoms with van der Waals surface area (Å²) >= 11 is 0. The Kier molecular flexibility index (Phi) is 4.35. The molecule has 3 aromatic rings. The number of benzene rings is 2. The minimum Gasteiger partial charge on any atom is -0.334 e. The van der Waals surface area contributed by atoms with Gasteiger partial charge in [-0.3, -0.25) is 0 Å². The minimum absolute atomic E-state index is 0.242. The van der Waals surface area contributed by atoms with Crippen molar-refractivity contribution < 1.29 is 4.79 Å². The third-order valence-electron chi connectivity index (χ3n) is 4.56. The molecule has 1 aliphatic rings. The van der Waals surface area contributed by atoms with Crippen LogP contribution >= 0.6 is 0 Å². The van der Waals surface area contributed by atoms with E-state index in [1.54, 1.807) is 4.68 Å². The first kappa shape index (κ1) is 16.3. The average molecular weight is 348 g/mol. The Morgan fingerprint density at radius 3 is 2.69 bits per heavy atom. The lowest BCUT2D eigenvalue weighted by molar-refractivity contribution is 0.251. The van der Waals surface area contributed by atoms with E-state index in [1.807, 2.05) is 25.1 Å². The highest BCUT2D eigenvalue weighted by Gasteiger charge is 2.22. The first-order valence-corrected chi connectivity index (χ1v) is 8.67. The molecule has 0 spiro atoms. The number of rotatable bonds is 5. The summed E-state index contributed by atoms with van der Waals surface area (Å²) in [5.41, 5.74) is 4.95. The van der Waals surface area contributed by atoms with E-state index in [1.165, 1.54) is 24.7 Å². The second-order valence-electron chi connectivity index (χ2n) is 6.58. The molecule has 4 rings (SSSR count). The summed E-state index contributed by atoms with van der Waals surface area (Å²) in [4.78, 5) is 12.3. The molecule has 2 N–H and O–H groups in total. The van der Waals surface area contributed by atoms with Gasteiger partial charge < -0.3 is 10.6 Å². The van der Waals surface area contributed by atoms with Gasteiger partial charge in [0.25, 0.3) is 0 Å². The van der Waals surface area contributed by atoms with Crippen molar-refractivity contribution in [2.75, 3.05) is 5.32 Å². The van der Waals surface area contributed by atoms with Gasteiger partial charge in [-0.25, -0.2) is 9.48 Å².